The molecule has 21 heavy (non-hydrogen) atoms. The number of rotatable bonds is 6. The summed E-state index contributed by atoms with van der Waals surface area (Å²) < 4.78 is 27.2. The van der Waals surface area contributed by atoms with Crippen molar-refractivity contribution < 1.29 is 8.42 Å². The van der Waals surface area contributed by atoms with Crippen LogP contribution in [-0.2, 0) is 10.0 Å². The minimum absolute atomic E-state index is 0.430. The Hall–Kier alpha value is -0.430. The Morgan fingerprint density at radius 3 is 2.38 bits per heavy atom. The Labute approximate surface area is 132 Å². The second-order valence-corrected chi connectivity index (χ2v) is 9.01. The molecule has 1 aliphatic carbocycles. The highest BCUT2D eigenvalue weighted by Crippen LogP contribution is 2.24. The molecule has 1 heterocycles. The molecule has 0 radical (unpaired) electrons. The smallest absolute Gasteiger partial charge is 0.241 e. The van der Waals surface area contributed by atoms with Gasteiger partial charge in [0.2, 0.25) is 10.0 Å². The van der Waals surface area contributed by atoms with Gasteiger partial charge in [0.15, 0.2) is 0 Å². The van der Waals surface area contributed by atoms with E-state index in [0.29, 0.717) is 24.0 Å². The third-order valence-corrected chi connectivity index (χ3v) is 6.67. The molecule has 0 bridgehead atoms. The second kappa shape index (κ2) is 7.72. The lowest BCUT2D eigenvalue weighted by atomic mass is 10.1. The standard InChI is InChI=1S/C15H26N2O2S2/c1-12-11-15(13(2)20-12)21(18,19)17-10-9-16-14-7-5-3-4-6-8-14/h11,14,16-17H,3-10H2,1-2H3. The molecule has 6 heteroatoms. The van der Waals surface area contributed by atoms with E-state index in [9.17, 15) is 8.42 Å². The van der Waals surface area contributed by atoms with E-state index in [1.54, 1.807) is 6.07 Å². The minimum atomic E-state index is -3.36. The van der Waals surface area contributed by atoms with E-state index in [4.69, 9.17) is 0 Å². The van der Waals surface area contributed by atoms with Gasteiger partial charge in [0, 0.05) is 28.9 Å². The van der Waals surface area contributed by atoms with Crippen molar-refractivity contribution in [1.29, 1.82) is 0 Å². The molecule has 0 aliphatic heterocycles. The van der Waals surface area contributed by atoms with E-state index in [1.165, 1.54) is 49.9 Å². The van der Waals surface area contributed by atoms with Crippen molar-refractivity contribution in [3.05, 3.63) is 15.8 Å². The van der Waals surface area contributed by atoms with Crippen LogP contribution in [-0.4, -0.2) is 27.5 Å². The SMILES string of the molecule is Cc1cc(S(=O)(=O)NCCNC2CCCCCC2)c(C)s1. The quantitative estimate of drug-likeness (QED) is 0.623. The van der Waals surface area contributed by atoms with Crippen LogP contribution in [0.5, 0.6) is 0 Å². The topological polar surface area (TPSA) is 58.2 Å². The molecular weight excluding hydrogens is 304 g/mol. The molecule has 4 nitrogen and oxygen atoms in total. The third kappa shape index (κ3) is 5.06. The lowest BCUT2D eigenvalue weighted by Gasteiger charge is -2.16. The van der Waals surface area contributed by atoms with Crippen molar-refractivity contribution in [3.63, 3.8) is 0 Å². The summed E-state index contributed by atoms with van der Waals surface area (Å²) in [5.41, 5.74) is 0. The van der Waals surface area contributed by atoms with Crippen molar-refractivity contribution in [2.24, 2.45) is 0 Å². The van der Waals surface area contributed by atoms with Gasteiger partial charge in [-0.25, -0.2) is 13.1 Å². The average Bonchev–Trinajstić information content (AvgIpc) is 2.65. The number of aryl methyl sites for hydroxylation is 2. The van der Waals surface area contributed by atoms with E-state index in [0.717, 1.165) is 9.75 Å². The van der Waals surface area contributed by atoms with Crippen molar-refractivity contribution in [2.45, 2.75) is 63.3 Å². The van der Waals surface area contributed by atoms with Crippen LogP contribution < -0.4 is 10.0 Å². The first-order valence-electron chi connectivity index (χ1n) is 7.79. The zero-order valence-corrected chi connectivity index (χ0v) is 14.6. The van der Waals surface area contributed by atoms with Gasteiger partial charge in [0.25, 0.3) is 0 Å². The van der Waals surface area contributed by atoms with E-state index < -0.39 is 10.0 Å². The molecular formula is C15H26N2O2S2. The fourth-order valence-electron chi connectivity index (χ4n) is 2.90. The Balaban J connectivity index is 1.78. The highest BCUT2D eigenvalue weighted by atomic mass is 32.2. The maximum atomic E-state index is 12.2. The zero-order valence-electron chi connectivity index (χ0n) is 12.9. The van der Waals surface area contributed by atoms with Gasteiger partial charge in [-0.15, -0.1) is 11.3 Å². The van der Waals surface area contributed by atoms with Crippen LogP contribution in [0.15, 0.2) is 11.0 Å². The maximum Gasteiger partial charge on any atom is 0.241 e. The van der Waals surface area contributed by atoms with Gasteiger partial charge in [-0.05, 0) is 32.8 Å². The van der Waals surface area contributed by atoms with Crippen molar-refractivity contribution in [2.75, 3.05) is 13.1 Å². The largest absolute Gasteiger partial charge is 0.313 e. The highest BCUT2D eigenvalue weighted by Gasteiger charge is 2.18. The van der Waals surface area contributed by atoms with Crippen molar-refractivity contribution >= 4 is 21.4 Å². The predicted octanol–water partition coefficient (Wildman–Crippen LogP) is 2.96. The molecule has 1 fully saturated rings. The summed E-state index contributed by atoms with van der Waals surface area (Å²) >= 11 is 1.53. The summed E-state index contributed by atoms with van der Waals surface area (Å²) in [7, 11) is -3.36. The summed E-state index contributed by atoms with van der Waals surface area (Å²) in [4.78, 5) is 2.32. The summed E-state index contributed by atoms with van der Waals surface area (Å²) in [6, 6.07) is 2.31. The van der Waals surface area contributed by atoms with Crippen LogP contribution in [0.4, 0.5) is 0 Å². The minimum Gasteiger partial charge on any atom is -0.313 e. The lowest BCUT2D eigenvalue weighted by Crippen LogP contribution is -2.36. The van der Waals surface area contributed by atoms with Crippen LogP contribution in [0.1, 0.15) is 48.3 Å². The van der Waals surface area contributed by atoms with Crippen LogP contribution in [0.2, 0.25) is 0 Å². The second-order valence-electron chi connectivity index (χ2n) is 5.82. The molecule has 1 aliphatic rings. The molecule has 0 unspecified atom stereocenters. The zero-order chi connectivity index (χ0) is 15.3. The molecule has 0 spiro atoms. The molecule has 1 aromatic rings. The molecule has 0 atom stereocenters. The number of hydrogen-bond donors (Lipinski definition) is 2. The fourth-order valence-corrected chi connectivity index (χ4v) is 5.48. The van der Waals surface area contributed by atoms with Gasteiger partial charge in [0.1, 0.15) is 0 Å². The number of thiophene rings is 1. The lowest BCUT2D eigenvalue weighted by molar-refractivity contribution is 0.461. The van der Waals surface area contributed by atoms with E-state index in [1.807, 2.05) is 13.8 Å². The van der Waals surface area contributed by atoms with Gasteiger partial charge in [-0.1, -0.05) is 25.7 Å². The first-order valence-corrected chi connectivity index (χ1v) is 10.1. The Kier molecular flexibility index (Phi) is 6.22. The van der Waals surface area contributed by atoms with Crippen molar-refractivity contribution in [1.82, 2.24) is 10.0 Å². The van der Waals surface area contributed by atoms with E-state index >= 15 is 0 Å². The molecule has 1 aromatic heterocycles. The summed E-state index contributed by atoms with van der Waals surface area (Å²) in [6.07, 6.45) is 7.68. The predicted molar refractivity (Wildman–Crippen MR) is 88.5 cm³/mol. The number of hydrogen-bond acceptors (Lipinski definition) is 4. The van der Waals surface area contributed by atoms with Crippen LogP contribution in [0, 0.1) is 13.8 Å². The van der Waals surface area contributed by atoms with Gasteiger partial charge in [0.05, 0.1) is 4.90 Å². The van der Waals surface area contributed by atoms with Gasteiger partial charge < -0.3 is 5.32 Å². The molecule has 0 aromatic carbocycles. The Bertz CT molecular complexity index is 544. The average molecular weight is 331 g/mol. The molecule has 1 saturated carbocycles. The van der Waals surface area contributed by atoms with Gasteiger partial charge in [-0.3, -0.25) is 0 Å². The van der Waals surface area contributed by atoms with Crippen molar-refractivity contribution in [3.8, 4) is 0 Å². The monoisotopic (exact) mass is 330 g/mol. The maximum absolute atomic E-state index is 12.2. The summed E-state index contributed by atoms with van der Waals surface area (Å²) in [5.74, 6) is 0. The molecule has 2 N–H and O–H groups in total. The number of nitrogens with one attached hydrogen (secondary N) is 2. The highest BCUT2D eigenvalue weighted by molar-refractivity contribution is 7.89. The molecule has 120 valence electrons. The molecule has 0 amide bonds. The Morgan fingerprint density at radius 2 is 1.81 bits per heavy atom. The summed E-state index contributed by atoms with van der Waals surface area (Å²) in [6.45, 7) is 4.94. The fraction of sp³-hybridized carbons (Fsp3) is 0.733. The number of sulfonamides is 1. The summed E-state index contributed by atoms with van der Waals surface area (Å²) in [5, 5.41) is 3.48. The Morgan fingerprint density at radius 1 is 1.14 bits per heavy atom. The first-order chi connectivity index (χ1) is 9.99. The van der Waals surface area contributed by atoms with E-state index in [2.05, 4.69) is 10.0 Å². The molecule has 2 rings (SSSR count). The van der Waals surface area contributed by atoms with E-state index in [-0.39, 0.29) is 0 Å². The van der Waals surface area contributed by atoms with Crippen LogP contribution in [0.25, 0.3) is 0 Å². The molecule has 0 saturated heterocycles. The van der Waals surface area contributed by atoms with Gasteiger partial charge in [-0.2, -0.15) is 0 Å². The third-order valence-electron chi connectivity index (χ3n) is 3.99. The van der Waals surface area contributed by atoms with Crippen LogP contribution in [0.3, 0.4) is 0 Å². The van der Waals surface area contributed by atoms with Gasteiger partial charge >= 0.3 is 0 Å². The van der Waals surface area contributed by atoms with Crippen LogP contribution >= 0.6 is 11.3 Å². The normalized spacial score (nSPS) is 17.8. The first kappa shape index (κ1) is 16.9.